The van der Waals surface area contributed by atoms with E-state index in [0.29, 0.717) is 17.6 Å². The van der Waals surface area contributed by atoms with Gasteiger partial charge in [0.1, 0.15) is 0 Å². The van der Waals surface area contributed by atoms with Crippen LogP contribution >= 0.6 is 0 Å². The van der Waals surface area contributed by atoms with E-state index in [1.807, 2.05) is 0 Å². The zero-order valence-corrected chi connectivity index (χ0v) is 12.8. The summed E-state index contributed by atoms with van der Waals surface area (Å²) in [5.41, 5.74) is 0.994. The van der Waals surface area contributed by atoms with Crippen LogP contribution in [0.25, 0.3) is 0 Å². The monoisotopic (exact) mass is 298 g/mol. The SMILES string of the molecule is CCCCC[C@H](O)/C=C/C1=C(CC(=O)OC)[C@H](O)C[C@@H]1O. The minimum Gasteiger partial charge on any atom is -0.469 e. The smallest absolute Gasteiger partial charge is 0.309 e. The summed E-state index contributed by atoms with van der Waals surface area (Å²) in [5, 5.41) is 29.7. The molecule has 0 aromatic heterocycles. The van der Waals surface area contributed by atoms with Gasteiger partial charge in [0, 0.05) is 6.42 Å². The summed E-state index contributed by atoms with van der Waals surface area (Å²) in [6, 6.07) is 0. The fraction of sp³-hybridized carbons (Fsp3) is 0.688. The van der Waals surface area contributed by atoms with Crippen molar-refractivity contribution in [1.29, 1.82) is 0 Å². The molecule has 0 saturated heterocycles. The van der Waals surface area contributed by atoms with E-state index in [1.54, 1.807) is 12.2 Å². The van der Waals surface area contributed by atoms with Crippen LogP contribution in [0, 0.1) is 0 Å². The van der Waals surface area contributed by atoms with Crippen LogP contribution in [0.4, 0.5) is 0 Å². The summed E-state index contributed by atoms with van der Waals surface area (Å²) in [6.45, 7) is 2.10. The zero-order chi connectivity index (χ0) is 15.8. The predicted molar refractivity (Wildman–Crippen MR) is 79.6 cm³/mol. The third-order valence-electron chi connectivity index (χ3n) is 3.74. The number of aliphatic hydroxyl groups excluding tert-OH is 3. The molecule has 21 heavy (non-hydrogen) atoms. The Labute approximate surface area is 125 Å². The molecule has 120 valence electrons. The second-order valence-corrected chi connectivity index (χ2v) is 5.42. The Morgan fingerprint density at radius 3 is 2.71 bits per heavy atom. The molecule has 1 aliphatic rings. The van der Waals surface area contributed by atoms with Crippen LogP contribution in [0.15, 0.2) is 23.3 Å². The summed E-state index contributed by atoms with van der Waals surface area (Å²) in [4.78, 5) is 11.4. The quantitative estimate of drug-likeness (QED) is 0.466. The van der Waals surface area contributed by atoms with Gasteiger partial charge in [0.25, 0.3) is 0 Å². The Balaban J connectivity index is 2.72. The number of aliphatic hydroxyl groups is 3. The average Bonchev–Trinajstić information content (AvgIpc) is 2.71. The van der Waals surface area contributed by atoms with Crippen LogP contribution in [-0.4, -0.2) is 46.7 Å². The fourth-order valence-corrected chi connectivity index (χ4v) is 2.47. The van der Waals surface area contributed by atoms with Crippen molar-refractivity contribution < 1.29 is 24.9 Å². The fourth-order valence-electron chi connectivity index (χ4n) is 2.47. The first-order chi connectivity index (χ1) is 9.99. The summed E-state index contributed by atoms with van der Waals surface area (Å²) in [7, 11) is 1.29. The normalized spacial score (nSPS) is 23.9. The number of esters is 1. The molecule has 0 aromatic rings. The van der Waals surface area contributed by atoms with Crippen molar-refractivity contribution >= 4 is 5.97 Å². The highest BCUT2D eigenvalue weighted by molar-refractivity contribution is 5.73. The molecule has 0 aliphatic heterocycles. The minimum atomic E-state index is -0.837. The van der Waals surface area contributed by atoms with Crippen molar-refractivity contribution in [3.05, 3.63) is 23.3 Å². The van der Waals surface area contributed by atoms with E-state index < -0.39 is 24.3 Å². The van der Waals surface area contributed by atoms with E-state index >= 15 is 0 Å². The van der Waals surface area contributed by atoms with Gasteiger partial charge < -0.3 is 20.1 Å². The second-order valence-electron chi connectivity index (χ2n) is 5.42. The van der Waals surface area contributed by atoms with Gasteiger partial charge in [-0.2, -0.15) is 0 Å². The molecule has 0 saturated carbocycles. The lowest BCUT2D eigenvalue weighted by molar-refractivity contribution is -0.140. The van der Waals surface area contributed by atoms with Gasteiger partial charge in [0.15, 0.2) is 0 Å². The third kappa shape index (κ3) is 5.61. The number of carbonyl (C=O) groups is 1. The maximum absolute atomic E-state index is 11.4. The largest absolute Gasteiger partial charge is 0.469 e. The van der Waals surface area contributed by atoms with Crippen LogP contribution < -0.4 is 0 Å². The number of ether oxygens (including phenoxy) is 1. The van der Waals surface area contributed by atoms with Crippen molar-refractivity contribution in [2.75, 3.05) is 7.11 Å². The molecule has 0 heterocycles. The molecule has 5 nitrogen and oxygen atoms in total. The maximum atomic E-state index is 11.4. The van der Waals surface area contributed by atoms with Gasteiger partial charge in [-0.3, -0.25) is 4.79 Å². The molecule has 0 fully saturated rings. The van der Waals surface area contributed by atoms with Gasteiger partial charge in [0.2, 0.25) is 0 Å². The highest BCUT2D eigenvalue weighted by Crippen LogP contribution is 2.30. The molecular weight excluding hydrogens is 272 g/mol. The lowest BCUT2D eigenvalue weighted by Gasteiger charge is -2.09. The van der Waals surface area contributed by atoms with Gasteiger partial charge in [0.05, 0.1) is 31.8 Å². The highest BCUT2D eigenvalue weighted by atomic mass is 16.5. The molecule has 5 heteroatoms. The van der Waals surface area contributed by atoms with Gasteiger partial charge >= 0.3 is 5.97 Å². The molecule has 1 aliphatic carbocycles. The number of hydrogen-bond donors (Lipinski definition) is 3. The molecule has 0 amide bonds. The topological polar surface area (TPSA) is 87.0 Å². The molecular formula is C16H26O5. The van der Waals surface area contributed by atoms with Crippen molar-refractivity contribution in [2.24, 2.45) is 0 Å². The Morgan fingerprint density at radius 2 is 2.10 bits per heavy atom. The van der Waals surface area contributed by atoms with Crippen LogP contribution in [0.3, 0.4) is 0 Å². The first-order valence-electron chi connectivity index (χ1n) is 7.51. The van der Waals surface area contributed by atoms with Gasteiger partial charge in [-0.25, -0.2) is 0 Å². The van der Waals surface area contributed by atoms with E-state index in [9.17, 15) is 20.1 Å². The summed E-state index contributed by atoms with van der Waals surface area (Å²) in [5.74, 6) is -0.451. The highest BCUT2D eigenvalue weighted by Gasteiger charge is 2.31. The number of unbranched alkanes of at least 4 members (excludes halogenated alkanes) is 2. The molecule has 0 spiro atoms. The second kappa shape index (κ2) is 8.97. The van der Waals surface area contributed by atoms with Crippen LogP contribution in [0.2, 0.25) is 0 Å². The summed E-state index contributed by atoms with van der Waals surface area (Å²) in [6.07, 6.45) is 4.93. The lowest BCUT2D eigenvalue weighted by Crippen LogP contribution is -2.11. The standard InChI is InChI=1S/C16H26O5/c1-3-4-5-6-11(17)7-8-12-13(9-16(20)21-2)15(19)10-14(12)18/h7-8,11,14-15,17-19H,3-6,9-10H2,1-2H3/b8-7+/t11-,14-,15+/m0/s1. The van der Waals surface area contributed by atoms with Crippen molar-refractivity contribution in [3.63, 3.8) is 0 Å². The van der Waals surface area contributed by atoms with Crippen LogP contribution in [0.5, 0.6) is 0 Å². The summed E-state index contributed by atoms with van der Waals surface area (Å²) >= 11 is 0. The lowest BCUT2D eigenvalue weighted by atomic mass is 10.0. The molecule has 0 unspecified atom stereocenters. The number of carbonyl (C=O) groups excluding carboxylic acids is 1. The Kier molecular flexibility index (Phi) is 7.64. The van der Waals surface area contributed by atoms with Crippen molar-refractivity contribution in [2.45, 2.75) is 63.8 Å². The Morgan fingerprint density at radius 1 is 1.38 bits per heavy atom. The molecule has 1 rings (SSSR count). The van der Waals surface area contributed by atoms with E-state index in [4.69, 9.17) is 0 Å². The minimum absolute atomic E-state index is 0.0413. The first-order valence-corrected chi connectivity index (χ1v) is 7.51. The van der Waals surface area contributed by atoms with E-state index in [1.165, 1.54) is 7.11 Å². The molecule has 3 N–H and O–H groups in total. The Bertz CT molecular complexity index is 399. The maximum Gasteiger partial charge on any atom is 0.309 e. The molecule has 0 aromatic carbocycles. The number of methoxy groups -OCH3 is 1. The van der Waals surface area contributed by atoms with E-state index in [-0.39, 0.29) is 12.8 Å². The van der Waals surface area contributed by atoms with E-state index in [2.05, 4.69) is 11.7 Å². The van der Waals surface area contributed by atoms with E-state index in [0.717, 1.165) is 19.3 Å². The average molecular weight is 298 g/mol. The zero-order valence-electron chi connectivity index (χ0n) is 12.8. The predicted octanol–water partition coefficient (Wildman–Crippen LogP) is 1.47. The summed E-state index contributed by atoms with van der Waals surface area (Å²) < 4.78 is 4.60. The van der Waals surface area contributed by atoms with Gasteiger partial charge in [-0.1, -0.05) is 38.3 Å². The van der Waals surface area contributed by atoms with Crippen molar-refractivity contribution in [3.8, 4) is 0 Å². The Hall–Kier alpha value is -1.17. The third-order valence-corrected chi connectivity index (χ3v) is 3.74. The number of hydrogen-bond acceptors (Lipinski definition) is 5. The molecule has 0 bridgehead atoms. The molecule has 0 radical (unpaired) electrons. The van der Waals surface area contributed by atoms with Crippen LogP contribution in [-0.2, 0) is 9.53 Å². The first kappa shape index (κ1) is 17.9. The van der Waals surface area contributed by atoms with Gasteiger partial charge in [-0.05, 0) is 17.6 Å². The van der Waals surface area contributed by atoms with Gasteiger partial charge in [-0.15, -0.1) is 0 Å². The number of rotatable bonds is 8. The van der Waals surface area contributed by atoms with Crippen molar-refractivity contribution in [1.82, 2.24) is 0 Å². The molecule has 3 atom stereocenters. The van der Waals surface area contributed by atoms with Crippen LogP contribution in [0.1, 0.15) is 45.4 Å².